The third kappa shape index (κ3) is 6.04. The molecule has 0 bridgehead atoms. The SMILES string of the molecule is CCc1ccc(NC(=O)c2cn(Cc3ccc(NC(=O)C(CC)CC)cc3)cn2)cc1. The maximum absolute atomic E-state index is 12.5. The first-order valence-corrected chi connectivity index (χ1v) is 10.8. The van der Waals surface area contributed by atoms with E-state index in [0.717, 1.165) is 36.2 Å². The summed E-state index contributed by atoms with van der Waals surface area (Å²) in [6.45, 7) is 6.74. The molecule has 162 valence electrons. The molecule has 3 rings (SSSR count). The first kappa shape index (κ1) is 22.3. The second-order valence-electron chi connectivity index (χ2n) is 7.64. The van der Waals surface area contributed by atoms with Crippen LogP contribution in [-0.2, 0) is 17.8 Å². The van der Waals surface area contributed by atoms with E-state index in [9.17, 15) is 9.59 Å². The maximum Gasteiger partial charge on any atom is 0.275 e. The number of benzene rings is 2. The van der Waals surface area contributed by atoms with E-state index in [4.69, 9.17) is 0 Å². The largest absolute Gasteiger partial charge is 0.332 e. The van der Waals surface area contributed by atoms with Crippen molar-refractivity contribution in [2.75, 3.05) is 10.6 Å². The highest BCUT2D eigenvalue weighted by Crippen LogP contribution is 2.16. The summed E-state index contributed by atoms with van der Waals surface area (Å²) in [5, 5.41) is 5.85. The molecule has 0 unspecified atom stereocenters. The zero-order valence-corrected chi connectivity index (χ0v) is 18.4. The molecule has 1 heterocycles. The van der Waals surface area contributed by atoms with Crippen LogP contribution in [0.15, 0.2) is 61.1 Å². The fourth-order valence-corrected chi connectivity index (χ4v) is 3.39. The molecule has 2 aromatic carbocycles. The quantitative estimate of drug-likeness (QED) is 0.506. The average Bonchev–Trinajstić information content (AvgIpc) is 3.25. The van der Waals surface area contributed by atoms with Crippen molar-refractivity contribution in [2.45, 2.75) is 46.6 Å². The standard InChI is InChI=1S/C25H30N4O2/c1-4-18-7-11-22(12-8-18)28-25(31)23-16-29(17-26-23)15-19-9-13-21(14-10-19)27-24(30)20(5-2)6-3/h7-14,16-17,20H,4-6,15H2,1-3H3,(H,27,30)(H,28,31). The number of amides is 2. The van der Waals surface area contributed by atoms with Gasteiger partial charge in [-0.15, -0.1) is 0 Å². The van der Waals surface area contributed by atoms with Gasteiger partial charge in [-0.1, -0.05) is 45.0 Å². The summed E-state index contributed by atoms with van der Waals surface area (Å²) in [7, 11) is 0. The van der Waals surface area contributed by atoms with Crippen molar-refractivity contribution in [3.63, 3.8) is 0 Å². The molecule has 31 heavy (non-hydrogen) atoms. The van der Waals surface area contributed by atoms with Gasteiger partial charge >= 0.3 is 0 Å². The number of nitrogens with zero attached hydrogens (tertiary/aromatic N) is 2. The summed E-state index contributed by atoms with van der Waals surface area (Å²) >= 11 is 0. The highest BCUT2D eigenvalue weighted by molar-refractivity contribution is 6.02. The van der Waals surface area contributed by atoms with Gasteiger partial charge in [-0.3, -0.25) is 9.59 Å². The lowest BCUT2D eigenvalue weighted by Gasteiger charge is -2.13. The second kappa shape index (κ2) is 10.6. The van der Waals surface area contributed by atoms with Crippen LogP contribution in [0.5, 0.6) is 0 Å². The van der Waals surface area contributed by atoms with E-state index in [1.807, 2.05) is 66.9 Å². The predicted octanol–water partition coefficient (Wildman–Crippen LogP) is 5.12. The van der Waals surface area contributed by atoms with Gasteiger partial charge in [0.1, 0.15) is 5.69 Å². The number of nitrogens with one attached hydrogen (secondary N) is 2. The molecule has 6 nitrogen and oxygen atoms in total. The number of aromatic nitrogens is 2. The van der Waals surface area contributed by atoms with E-state index in [1.165, 1.54) is 5.56 Å². The zero-order chi connectivity index (χ0) is 22.2. The van der Waals surface area contributed by atoms with Crippen LogP contribution in [0.4, 0.5) is 11.4 Å². The van der Waals surface area contributed by atoms with Crippen molar-refractivity contribution in [1.82, 2.24) is 9.55 Å². The molecule has 0 aliphatic rings. The summed E-state index contributed by atoms with van der Waals surface area (Å²) in [4.78, 5) is 28.9. The Morgan fingerprint density at radius 3 is 2.03 bits per heavy atom. The molecule has 0 fully saturated rings. The van der Waals surface area contributed by atoms with Crippen LogP contribution in [-0.4, -0.2) is 21.4 Å². The molecule has 3 aromatic rings. The fourth-order valence-electron chi connectivity index (χ4n) is 3.39. The van der Waals surface area contributed by atoms with Crippen LogP contribution in [0.25, 0.3) is 0 Å². The van der Waals surface area contributed by atoms with Gasteiger partial charge in [-0.25, -0.2) is 4.98 Å². The van der Waals surface area contributed by atoms with Gasteiger partial charge in [0.15, 0.2) is 0 Å². The highest BCUT2D eigenvalue weighted by Gasteiger charge is 2.14. The Kier molecular flexibility index (Phi) is 7.60. The molecule has 2 N–H and O–H groups in total. The molecule has 0 saturated carbocycles. The van der Waals surface area contributed by atoms with Crippen molar-refractivity contribution in [2.24, 2.45) is 5.92 Å². The molecule has 1 aromatic heterocycles. The van der Waals surface area contributed by atoms with Gasteiger partial charge < -0.3 is 15.2 Å². The number of hydrogen-bond donors (Lipinski definition) is 2. The fraction of sp³-hybridized carbons (Fsp3) is 0.320. The molecular weight excluding hydrogens is 388 g/mol. The van der Waals surface area contributed by atoms with Crippen LogP contribution in [0.2, 0.25) is 0 Å². The average molecular weight is 419 g/mol. The molecule has 0 atom stereocenters. The number of imidazole rings is 1. The van der Waals surface area contributed by atoms with Crippen LogP contribution in [0.3, 0.4) is 0 Å². The van der Waals surface area contributed by atoms with E-state index in [-0.39, 0.29) is 17.7 Å². The number of rotatable bonds is 9. The molecule has 0 aliphatic heterocycles. The van der Waals surface area contributed by atoms with Crippen molar-refractivity contribution in [1.29, 1.82) is 0 Å². The molecule has 0 aliphatic carbocycles. The van der Waals surface area contributed by atoms with Crippen molar-refractivity contribution >= 4 is 23.2 Å². The van der Waals surface area contributed by atoms with Gasteiger partial charge in [0.25, 0.3) is 5.91 Å². The van der Waals surface area contributed by atoms with Crippen LogP contribution >= 0.6 is 0 Å². The van der Waals surface area contributed by atoms with E-state index in [2.05, 4.69) is 22.5 Å². The van der Waals surface area contributed by atoms with Gasteiger partial charge in [0.05, 0.1) is 6.33 Å². The first-order chi connectivity index (χ1) is 15.0. The molecule has 2 amide bonds. The predicted molar refractivity (Wildman–Crippen MR) is 124 cm³/mol. The normalized spacial score (nSPS) is 10.8. The maximum atomic E-state index is 12.5. The monoisotopic (exact) mass is 418 g/mol. The number of carbonyl (C=O) groups is 2. The molecule has 6 heteroatoms. The lowest BCUT2D eigenvalue weighted by Crippen LogP contribution is -2.21. The van der Waals surface area contributed by atoms with Crippen molar-refractivity contribution < 1.29 is 9.59 Å². The van der Waals surface area contributed by atoms with Gasteiger partial charge in [0, 0.05) is 30.0 Å². The Bertz CT molecular complexity index is 1000. The number of anilines is 2. The lowest BCUT2D eigenvalue weighted by atomic mass is 10.0. The Morgan fingerprint density at radius 2 is 1.45 bits per heavy atom. The summed E-state index contributed by atoms with van der Waals surface area (Å²) in [6, 6.07) is 15.6. The van der Waals surface area contributed by atoms with E-state index >= 15 is 0 Å². The smallest absolute Gasteiger partial charge is 0.275 e. The minimum Gasteiger partial charge on any atom is -0.332 e. The lowest BCUT2D eigenvalue weighted by molar-refractivity contribution is -0.120. The summed E-state index contributed by atoms with van der Waals surface area (Å²) in [5.74, 6) is -0.130. The van der Waals surface area contributed by atoms with Gasteiger partial charge in [-0.05, 0) is 54.7 Å². The Labute approximate surface area is 183 Å². The Hall–Kier alpha value is -3.41. The summed E-state index contributed by atoms with van der Waals surface area (Å²) < 4.78 is 1.87. The van der Waals surface area contributed by atoms with Crippen molar-refractivity contribution in [3.8, 4) is 0 Å². The van der Waals surface area contributed by atoms with Crippen molar-refractivity contribution in [3.05, 3.63) is 77.9 Å². The van der Waals surface area contributed by atoms with Crippen LogP contribution in [0.1, 0.15) is 55.2 Å². The highest BCUT2D eigenvalue weighted by atomic mass is 16.2. The minimum absolute atomic E-state index is 0.0415. The van der Waals surface area contributed by atoms with Crippen LogP contribution in [0, 0.1) is 5.92 Å². The van der Waals surface area contributed by atoms with E-state index in [1.54, 1.807) is 12.5 Å². The van der Waals surface area contributed by atoms with Gasteiger partial charge in [0.2, 0.25) is 5.91 Å². The minimum atomic E-state index is -0.234. The number of carbonyl (C=O) groups excluding carboxylic acids is 2. The molecule has 0 spiro atoms. The third-order valence-corrected chi connectivity index (χ3v) is 5.43. The molecular formula is C25H30N4O2. The Morgan fingerprint density at radius 1 is 0.871 bits per heavy atom. The molecule has 0 saturated heterocycles. The van der Waals surface area contributed by atoms with E-state index in [0.29, 0.717) is 12.2 Å². The second-order valence-corrected chi connectivity index (χ2v) is 7.64. The van der Waals surface area contributed by atoms with E-state index < -0.39 is 0 Å². The number of hydrogen-bond acceptors (Lipinski definition) is 3. The van der Waals surface area contributed by atoms with Gasteiger partial charge in [-0.2, -0.15) is 0 Å². The summed E-state index contributed by atoms with van der Waals surface area (Å²) in [5.41, 5.74) is 4.19. The zero-order valence-electron chi connectivity index (χ0n) is 18.4. The topological polar surface area (TPSA) is 76.0 Å². The number of aryl methyl sites for hydroxylation is 1. The van der Waals surface area contributed by atoms with Crippen LogP contribution < -0.4 is 10.6 Å². The molecule has 0 radical (unpaired) electrons. The first-order valence-electron chi connectivity index (χ1n) is 10.8. The summed E-state index contributed by atoms with van der Waals surface area (Å²) in [6.07, 6.45) is 6.02. The Balaban J connectivity index is 1.57. The third-order valence-electron chi connectivity index (χ3n) is 5.43.